The fraction of sp³-hybridized carbons (Fsp3) is 0.167. The number of rotatable bonds is 3. The Morgan fingerprint density at radius 3 is 2.81 bits per heavy atom. The highest BCUT2D eigenvalue weighted by molar-refractivity contribution is 7.14. The summed E-state index contributed by atoms with van der Waals surface area (Å²) in [4.78, 5) is 28.4. The molecule has 4 rings (SSSR count). The van der Waals surface area contributed by atoms with E-state index in [1.54, 1.807) is 19.3 Å². The molecule has 1 aliphatic rings. The Balaban J connectivity index is 1.53. The van der Waals surface area contributed by atoms with Gasteiger partial charge >= 0.3 is 0 Å². The summed E-state index contributed by atoms with van der Waals surface area (Å²) in [5.74, 6) is 1.03. The quantitative estimate of drug-likeness (QED) is 0.767. The number of anilines is 1. The zero-order valence-corrected chi connectivity index (χ0v) is 14.7. The molecule has 0 saturated carbocycles. The number of nitrogens with one attached hydrogen (secondary N) is 1. The zero-order chi connectivity index (χ0) is 18.1. The molecule has 0 radical (unpaired) electrons. The molecule has 1 N–H and O–H groups in total. The lowest BCUT2D eigenvalue weighted by Gasteiger charge is -2.18. The maximum atomic E-state index is 12.3. The maximum Gasteiger partial charge on any atom is 0.257 e. The Morgan fingerprint density at radius 2 is 2.00 bits per heavy atom. The van der Waals surface area contributed by atoms with Gasteiger partial charge in [0.25, 0.3) is 11.5 Å². The summed E-state index contributed by atoms with van der Waals surface area (Å²) in [5, 5.41) is 5.03. The number of carbonyl (C=O) groups is 1. The van der Waals surface area contributed by atoms with Crippen LogP contribution in [0.1, 0.15) is 10.4 Å². The van der Waals surface area contributed by atoms with E-state index in [4.69, 9.17) is 9.47 Å². The number of thiazole rings is 1. The monoisotopic (exact) mass is 369 g/mol. The van der Waals surface area contributed by atoms with E-state index in [1.165, 1.54) is 22.0 Å². The minimum absolute atomic E-state index is 0.242. The molecule has 0 spiro atoms. The highest BCUT2D eigenvalue weighted by Crippen LogP contribution is 2.35. The second kappa shape index (κ2) is 6.64. The molecule has 1 aromatic carbocycles. The molecule has 7 nitrogen and oxygen atoms in total. The smallest absolute Gasteiger partial charge is 0.257 e. The van der Waals surface area contributed by atoms with Crippen molar-refractivity contribution in [1.82, 2.24) is 9.55 Å². The van der Waals surface area contributed by atoms with Crippen LogP contribution in [0.25, 0.3) is 11.3 Å². The molecule has 2 aromatic heterocycles. The third-order valence-electron chi connectivity index (χ3n) is 3.93. The van der Waals surface area contributed by atoms with E-state index in [0.29, 0.717) is 29.7 Å². The van der Waals surface area contributed by atoms with Gasteiger partial charge in [0, 0.05) is 35.8 Å². The third-order valence-corrected chi connectivity index (χ3v) is 4.69. The summed E-state index contributed by atoms with van der Waals surface area (Å²) in [6.07, 6.45) is 1.56. The number of benzene rings is 1. The number of aromatic nitrogens is 2. The maximum absolute atomic E-state index is 12.3. The van der Waals surface area contributed by atoms with Gasteiger partial charge in [0.05, 0.1) is 5.69 Å². The van der Waals surface area contributed by atoms with Gasteiger partial charge in [0.1, 0.15) is 13.2 Å². The van der Waals surface area contributed by atoms with Gasteiger partial charge in [0.15, 0.2) is 16.6 Å². The van der Waals surface area contributed by atoms with Crippen molar-refractivity contribution in [3.63, 3.8) is 0 Å². The number of fused-ring (bicyclic) bond motifs is 1. The topological polar surface area (TPSA) is 82.5 Å². The minimum atomic E-state index is -0.370. The van der Waals surface area contributed by atoms with Gasteiger partial charge in [-0.15, -0.1) is 11.3 Å². The predicted octanol–water partition coefficient (Wildman–Crippen LogP) is 2.53. The van der Waals surface area contributed by atoms with E-state index in [1.807, 2.05) is 23.6 Å². The Bertz CT molecular complexity index is 1040. The average molecular weight is 369 g/mol. The first kappa shape index (κ1) is 16.3. The Morgan fingerprint density at radius 1 is 1.19 bits per heavy atom. The first-order chi connectivity index (χ1) is 12.6. The standard InChI is InChI=1S/C18H15N3O4S/c1-21-5-4-12(9-16(21)22)17(23)20-18-19-13(10-26-18)11-2-3-14-15(8-11)25-7-6-24-14/h2-5,8-10H,6-7H2,1H3,(H,19,20,23). The highest BCUT2D eigenvalue weighted by atomic mass is 32.1. The molecule has 0 atom stereocenters. The van der Waals surface area contributed by atoms with E-state index in [-0.39, 0.29) is 11.5 Å². The highest BCUT2D eigenvalue weighted by Gasteiger charge is 2.15. The number of hydrogen-bond acceptors (Lipinski definition) is 6. The molecule has 0 unspecified atom stereocenters. The summed E-state index contributed by atoms with van der Waals surface area (Å²) in [5.41, 5.74) is 1.66. The van der Waals surface area contributed by atoms with Crippen molar-refractivity contribution in [1.29, 1.82) is 0 Å². The van der Waals surface area contributed by atoms with Crippen LogP contribution in [0, 0.1) is 0 Å². The second-order valence-corrected chi connectivity index (χ2v) is 6.57. The van der Waals surface area contributed by atoms with Crippen LogP contribution < -0.4 is 20.3 Å². The molecule has 0 saturated heterocycles. The van der Waals surface area contributed by atoms with Crippen molar-refractivity contribution in [3.8, 4) is 22.8 Å². The fourth-order valence-corrected chi connectivity index (χ4v) is 3.24. The van der Waals surface area contributed by atoms with Gasteiger partial charge in [-0.2, -0.15) is 0 Å². The van der Waals surface area contributed by atoms with Gasteiger partial charge < -0.3 is 14.0 Å². The van der Waals surface area contributed by atoms with E-state index < -0.39 is 0 Å². The normalized spacial score (nSPS) is 12.7. The van der Waals surface area contributed by atoms with Crippen LogP contribution in [0.5, 0.6) is 11.5 Å². The summed E-state index contributed by atoms with van der Waals surface area (Å²) in [7, 11) is 1.63. The Kier molecular flexibility index (Phi) is 4.18. The van der Waals surface area contributed by atoms with Gasteiger partial charge in [-0.1, -0.05) is 0 Å². The Hall–Kier alpha value is -3.13. The molecule has 3 heterocycles. The van der Waals surface area contributed by atoms with E-state index in [9.17, 15) is 9.59 Å². The van der Waals surface area contributed by atoms with Crippen molar-refractivity contribution in [2.75, 3.05) is 18.5 Å². The van der Waals surface area contributed by atoms with E-state index >= 15 is 0 Å². The number of nitrogens with zero attached hydrogens (tertiary/aromatic N) is 2. The molecule has 1 aliphatic heterocycles. The van der Waals surface area contributed by atoms with Crippen LogP contribution in [0.3, 0.4) is 0 Å². The summed E-state index contributed by atoms with van der Waals surface area (Å²) < 4.78 is 12.5. The molecule has 0 aliphatic carbocycles. The molecular weight excluding hydrogens is 354 g/mol. The number of aryl methyl sites for hydroxylation is 1. The molecule has 1 amide bonds. The summed E-state index contributed by atoms with van der Waals surface area (Å²) >= 11 is 1.31. The van der Waals surface area contributed by atoms with Gasteiger partial charge in [-0.05, 0) is 24.3 Å². The first-order valence-corrected chi connectivity index (χ1v) is 8.82. The average Bonchev–Trinajstić information content (AvgIpc) is 3.12. The van der Waals surface area contributed by atoms with Crippen molar-refractivity contribution >= 4 is 22.4 Å². The van der Waals surface area contributed by atoms with Crippen molar-refractivity contribution in [2.24, 2.45) is 7.05 Å². The lowest BCUT2D eigenvalue weighted by atomic mass is 10.1. The van der Waals surface area contributed by atoms with Crippen LogP contribution in [-0.4, -0.2) is 28.7 Å². The Labute approximate surface area is 152 Å². The number of amides is 1. The zero-order valence-electron chi connectivity index (χ0n) is 13.9. The van der Waals surface area contributed by atoms with E-state index in [2.05, 4.69) is 10.3 Å². The summed E-state index contributed by atoms with van der Waals surface area (Å²) in [6, 6.07) is 8.50. The van der Waals surface area contributed by atoms with E-state index in [0.717, 1.165) is 17.0 Å². The van der Waals surface area contributed by atoms with Gasteiger partial charge in [-0.3, -0.25) is 14.9 Å². The molecule has 0 bridgehead atoms. The largest absolute Gasteiger partial charge is 0.486 e. The SMILES string of the molecule is Cn1ccc(C(=O)Nc2nc(-c3ccc4c(c3)OCCO4)cs2)cc1=O. The van der Waals surface area contributed by atoms with Crippen LogP contribution in [0.2, 0.25) is 0 Å². The lowest BCUT2D eigenvalue weighted by Crippen LogP contribution is -2.19. The molecular formula is C18H15N3O4S. The first-order valence-electron chi connectivity index (χ1n) is 7.94. The second-order valence-electron chi connectivity index (χ2n) is 5.72. The molecule has 0 fully saturated rings. The number of ether oxygens (including phenoxy) is 2. The van der Waals surface area contributed by atoms with Crippen molar-refractivity contribution < 1.29 is 14.3 Å². The molecule has 132 valence electrons. The number of carbonyl (C=O) groups excluding carboxylic acids is 1. The lowest BCUT2D eigenvalue weighted by molar-refractivity contribution is 0.102. The number of hydrogen-bond donors (Lipinski definition) is 1. The van der Waals surface area contributed by atoms with Crippen LogP contribution in [-0.2, 0) is 7.05 Å². The van der Waals surface area contributed by atoms with Crippen molar-refractivity contribution in [2.45, 2.75) is 0 Å². The fourth-order valence-electron chi connectivity index (χ4n) is 2.53. The van der Waals surface area contributed by atoms with Crippen LogP contribution in [0.4, 0.5) is 5.13 Å². The third kappa shape index (κ3) is 3.18. The molecule has 3 aromatic rings. The van der Waals surface area contributed by atoms with Crippen LogP contribution >= 0.6 is 11.3 Å². The van der Waals surface area contributed by atoms with Crippen LogP contribution in [0.15, 0.2) is 46.7 Å². The van der Waals surface area contributed by atoms with Crippen molar-refractivity contribution in [3.05, 3.63) is 57.8 Å². The van der Waals surface area contributed by atoms with Gasteiger partial charge in [-0.25, -0.2) is 4.98 Å². The molecule has 26 heavy (non-hydrogen) atoms. The predicted molar refractivity (Wildman–Crippen MR) is 98.2 cm³/mol. The minimum Gasteiger partial charge on any atom is -0.486 e. The number of pyridine rings is 1. The van der Waals surface area contributed by atoms with Gasteiger partial charge in [0.2, 0.25) is 0 Å². The molecule has 8 heteroatoms. The summed E-state index contributed by atoms with van der Waals surface area (Å²) in [6.45, 7) is 1.06.